The van der Waals surface area contributed by atoms with Gasteiger partial charge in [-0.15, -0.1) is 0 Å². The Balaban J connectivity index is 2.75. The first-order valence-corrected chi connectivity index (χ1v) is 5.59. The molecule has 0 aliphatic carbocycles. The highest BCUT2D eigenvalue weighted by atomic mass is 19.4. The number of nitrogens with two attached hydrogens (primary N) is 1. The molecule has 18 heavy (non-hydrogen) atoms. The van der Waals surface area contributed by atoms with Gasteiger partial charge in [0.25, 0.3) is 0 Å². The zero-order valence-electron chi connectivity index (χ0n) is 10.1. The molecule has 2 N–H and O–H groups in total. The highest BCUT2D eigenvalue weighted by Crippen LogP contribution is 2.23. The second-order valence-electron chi connectivity index (χ2n) is 4.14. The summed E-state index contributed by atoms with van der Waals surface area (Å²) in [5.41, 5.74) is 6.49. The number of halogens is 4. The highest BCUT2D eigenvalue weighted by Gasteiger charge is 2.27. The van der Waals surface area contributed by atoms with E-state index in [9.17, 15) is 17.6 Å². The van der Waals surface area contributed by atoms with E-state index in [1.54, 1.807) is 6.07 Å². The number of nitrogens with zero attached hydrogens (tertiary/aromatic N) is 1. The van der Waals surface area contributed by atoms with Crippen LogP contribution in [0.5, 0.6) is 0 Å². The highest BCUT2D eigenvalue weighted by molar-refractivity contribution is 5.48. The topological polar surface area (TPSA) is 29.3 Å². The summed E-state index contributed by atoms with van der Waals surface area (Å²) in [4.78, 5) is 1.39. The molecule has 1 aromatic carbocycles. The molecule has 0 atom stereocenters. The summed E-state index contributed by atoms with van der Waals surface area (Å²) in [7, 11) is 1.51. The van der Waals surface area contributed by atoms with Gasteiger partial charge in [0.1, 0.15) is 5.82 Å². The maximum Gasteiger partial charge on any atom is 0.390 e. The lowest BCUT2D eigenvalue weighted by atomic mass is 10.1. The molecule has 102 valence electrons. The van der Waals surface area contributed by atoms with Crippen LogP contribution in [0.2, 0.25) is 0 Å². The fraction of sp³-hybridized carbons (Fsp3) is 0.500. The minimum absolute atomic E-state index is 0.199. The molecule has 0 saturated heterocycles. The van der Waals surface area contributed by atoms with Crippen molar-refractivity contribution in [2.24, 2.45) is 5.73 Å². The maximum absolute atomic E-state index is 13.3. The van der Waals surface area contributed by atoms with Gasteiger partial charge in [-0.2, -0.15) is 13.2 Å². The van der Waals surface area contributed by atoms with Crippen molar-refractivity contribution in [2.75, 3.05) is 25.0 Å². The van der Waals surface area contributed by atoms with E-state index < -0.39 is 18.4 Å². The van der Waals surface area contributed by atoms with Crippen LogP contribution >= 0.6 is 0 Å². The van der Waals surface area contributed by atoms with E-state index in [2.05, 4.69) is 0 Å². The molecule has 6 heteroatoms. The van der Waals surface area contributed by atoms with Crippen LogP contribution in [0.15, 0.2) is 18.2 Å². The lowest BCUT2D eigenvalue weighted by molar-refractivity contribution is -0.132. The van der Waals surface area contributed by atoms with E-state index in [1.807, 2.05) is 0 Å². The molecule has 0 heterocycles. The van der Waals surface area contributed by atoms with E-state index in [1.165, 1.54) is 24.1 Å². The second kappa shape index (κ2) is 6.04. The molecule has 0 aromatic heterocycles. The summed E-state index contributed by atoms with van der Waals surface area (Å²) in [6.07, 6.45) is -4.63. The van der Waals surface area contributed by atoms with Gasteiger partial charge in [-0.1, -0.05) is 0 Å². The molecule has 0 aliphatic rings. The van der Waals surface area contributed by atoms with Crippen LogP contribution in [0.25, 0.3) is 0 Å². The van der Waals surface area contributed by atoms with Crippen LogP contribution in [0.4, 0.5) is 23.2 Å². The lowest BCUT2D eigenvalue weighted by Gasteiger charge is -2.21. The minimum Gasteiger partial charge on any atom is -0.374 e. The van der Waals surface area contributed by atoms with E-state index in [0.717, 1.165) is 0 Å². The van der Waals surface area contributed by atoms with Gasteiger partial charge in [-0.25, -0.2) is 4.39 Å². The SMILES string of the molecule is CN(CCC(F)(F)F)c1cc(F)cc(CCN)c1. The van der Waals surface area contributed by atoms with E-state index in [0.29, 0.717) is 24.2 Å². The summed E-state index contributed by atoms with van der Waals surface area (Å²) >= 11 is 0. The van der Waals surface area contributed by atoms with Crippen molar-refractivity contribution in [1.29, 1.82) is 0 Å². The summed E-state index contributed by atoms with van der Waals surface area (Å²) in [5, 5.41) is 0. The summed E-state index contributed by atoms with van der Waals surface area (Å²) in [5.74, 6) is -0.463. The first-order valence-electron chi connectivity index (χ1n) is 5.59. The molecular formula is C12H16F4N2. The van der Waals surface area contributed by atoms with Gasteiger partial charge in [-0.05, 0) is 36.7 Å². The van der Waals surface area contributed by atoms with Gasteiger partial charge in [-0.3, -0.25) is 0 Å². The van der Waals surface area contributed by atoms with Gasteiger partial charge in [0.2, 0.25) is 0 Å². The quantitative estimate of drug-likeness (QED) is 0.828. The number of hydrogen-bond donors (Lipinski definition) is 1. The van der Waals surface area contributed by atoms with Crippen LogP contribution in [-0.2, 0) is 6.42 Å². The Hall–Kier alpha value is -1.30. The number of benzene rings is 1. The third-order valence-corrected chi connectivity index (χ3v) is 2.55. The molecular weight excluding hydrogens is 248 g/mol. The first kappa shape index (κ1) is 14.8. The third-order valence-electron chi connectivity index (χ3n) is 2.55. The molecule has 0 spiro atoms. The maximum atomic E-state index is 13.3. The Labute approximate surface area is 103 Å². The van der Waals surface area contributed by atoms with Gasteiger partial charge in [0, 0.05) is 19.3 Å². The van der Waals surface area contributed by atoms with Crippen molar-refractivity contribution >= 4 is 5.69 Å². The van der Waals surface area contributed by atoms with Crippen LogP contribution in [0.1, 0.15) is 12.0 Å². The van der Waals surface area contributed by atoms with Crippen molar-refractivity contribution in [3.8, 4) is 0 Å². The molecule has 1 rings (SSSR count). The molecule has 2 nitrogen and oxygen atoms in total. The van der Waals surface area contributed by atoms with Crippen LogP contribution < -0.4 is 10.6 Å². The number of anilines is 1. The molecule has 0 unspecified atom stereocenters. The average Bonchev–Trinajstić information content (AvgIpc) is 2.24. The van der Waals surface area contributed by atoms with Crippen LogP contribution in [-0.4, -0.2) is 26.3 Å². The molecule has 0 saturated carbocycles. The Morgan fingerprint density at radius 1 is 1.22 bits per heavy atom. The normalized spacial score (nSPS) is 11.7. The van der Waals surface area contributed by atoms with Crippen molar-refractivity contribution in [1.82, 2.24) is 0 Å². The van der Waals surface area contributed by atoms with Crippen LogP contribution in [0.3, 0.4) is 0 Å². The molecule has 0 fully saturated rings. The fourth-order valence-corrected chi connectivity index (χ4v) is 1.59. The number of rotatable bonds is 5. The van der Waals surface area contributed by atoms with E-state index in [-0.39, 0.29) is 6.54 Å². The van der Waals surface area contributed by atoms with Gasteiger partial charge in [0.05, 0.1) is 6.42 Å². The Kier molecular flexibility index (Phi) is 4.95. The van der Waals surface area contributed by atoms with Crippen molar-refractivity contribution < 1.29 is 17.6 Å². The largest absolute Gasteiger partial charge is 0.390 e. The van der Waals surface area contributed by atoms with Gasteiger partial charge in [0.15, 0.2) is 0 Å². The second-order valence-corrected chi connectivity index (χ2v) is 4.14. The first-order chi connectivity index (χ1) is 8.31. The van der Waals surface area contributed by atoms with E-state index in [4.69, 9.17) is 5.73 Å². The summed E-state index contributed by atoms with van der Waals surface area (Å²) < 4.78 is 49.6. The third kappa shape index (κ3) is 4.91. The molecule has 0 aliphatic heterocycles. The lowest BCUT2D eigenvalue weighted by Crippen LogP contribution is -2.24. The zero-order valence-corrected chi connectivity index (χ0v) is 10.1. The Bertz CT molecular complexity index is 390. The zero-order chi connectivity index (χ0) is 13.8. The van der Waals surface area contributed by atoms with Crippen molar-refractivity contribution in [2.45, 2.75) is 19.0 Å². The molecule has 0 radical (unpaired) electrons. The average molecular weight is 264 g/mol. The standard InChI is InChI=1S/C12H16F4N2/c1-18(5-3-12(14,15)16)11-7-9(2-4-17)6-10(13)8-11/h6-8H,2-5,17H2,1H3. The van der Waals surface area contributed by atoms with E-state index >= 15 is 0 Å². The minimum atomic E-state index is -4.21. The van der Waals surface area contributed by atoms with Crippen LogP contribution in [0, 0.1) is 5.82 Å². The monoisotopic (exact) mass is 264 g/mol. The summed E-state index contributed by atoms with van der Waals surface area (Å²) in [6, 6.07) is 4.22. The predicted molar refractivity (Wildman–Crippen MR) is 63.1 cm³/mol. The van der Waals surface area contributed by atoms with Crippen molar-refractivity contribution in [3.63, 3.8) is 0 Å². The molecule has 0 bridgehead atoms. The number of hydrogen-bond acceptors (Lipinski definition) is 2. The molecule has 1 aromatic rings. The Morgan fingerprint density at radius 3 is 2.44 bits per heavy atom. The fourth-order valence-electron chi connectivity index (χ4n) is 1.59. The summed E-state index contributed by atoms with van der Waals surface area (Å²) in [6.45, 7) is 0.171. The smallest absolute Gasteiger partial charge is 0.374 e. The Morgan fingerprint density at radius 2 is 1.89 bits per heavy atom. The van der Waals surface area contributed by atoms with Crippen molar-refractivity contribution in [3.05, 3.63) is 29.6 Å². The molecule has 0 amide bonds. The van der Waals surface area contributed by atoms with Gasteiger partial charge >= 0.3 is 6.18 Å². The predicted octanol–water partition coefficient (Wildman–Crippen LogP) is 2.72. The number of alkyl halides is 3. The van der Waals surface area contributed by atoms with Gasteiger partial charge < -0.3 is 10.6 Å².